The fourth-order valence-corrected chi connectivity index (χ4v) is 3.50. The molecule has 1 amide bonds. The Balaban J connectivity index is 1.65. The van der Waals surface area contributed by atoms with Crippen molar-refractivity contribution in [1.29, 1.82) is 0 Å². The van der Waals surface area contributed by atoms with Crippen LogP contribution >= 0.6 is 15.9 Å². The molecular weight excluding hydrogens is 396 g/mol. The van der Waals surface area contributed by atoms with Crippen molar-refractivity contribution >= 4 is 32.7 Å². The Kier molecular flexibility index (Phi) is 5.64. The number of rotatable bonds is 6. The van der Waals surface area contributed by atoms with E-state index in [9.17, 15) is 9.90 Å². The molecule has 1 aromatic heterocycles. The van der Waals surface area contributed by atoms with Crippen LogP contribution in [0.25, 0.3) is 10.9 Å². The number of aliphatic hydroxyl groups is 1. The van der Waals surface area contributed by atoms with E-state index in [-0.39, 0.29) is 19.0 Å². The van der Waals surface area contributed by atoms with Gasteiger partial charge in [-0.25, -0.2) is 0 Å². The minimum absolute atomic E-state index is 0.145. The second kappa shape index (κ2) is 7.93. The van der Waals surface area contributed by atoms with Gasteiger partial charge in [0.2, 0.25) is 5.91 Å². The smallest absolute Gasteiger partial charge is 0.240 e. The molecule has 0 aliphatic carbocycles. The zero-order valence-corrected chi connectivity index (χ0v) is 16.3. The van der Waals surface area contributed by atoms with E-state index in [1.807, 2.05) is 35.8 Å². The summed E-state index contributed by atoms with van der Waals surface area (Å²) in [7, 11) is 1.59. The lowest BCUT2D eigenvalue weighted by Crippen LogP contribution is -2.31. The normalized spacial score (nSPS) is 12.2. The van der Waals surface area contributed by atoms with E-state index in [2.05, 4.69) is 21.2 Å². The number of nitrogens with one attached hydrogen (secondary N) is 1. The first-order valence-electron chi connectivity index (χ1n) is 8.33. The molecule has 1 atom stereocenters. The van der Waals surface area contributed by atoms with Crippen molar-refractivity contribution in [2.45, 2.75) is 19.6 Å². The summed E-state index contributed by atoms with van der Waals surface area (Å²) in [5.41, 5.74) is 2.73. The number of methoxy groups -OCH3 is 1. The lowest BCUT2D eigenvalue weighted by molar-refractivity contribution is -0.122. The fourth-order valence-electron chi connectivity index (χ4n) is 2.95. The number of carbonyl (C=O) groups excluding carboxylic acids is 1. The van der Waals surface area contributed by atoms with Gasteiger partial charge in [0.1, 0.15) is 12.3 Å². The van der Waals surface area contributed by atoms with Crippen LogP contribution in [0.1, 0.15) is 17.4 Å². The summed E-state index contributed by atoms with van der Waals surface area (Å²) in [6, 6.07) is 15.1. The first kappa shape index (κ1) is 18.5. The van der Waals surface area contributed by atoms with Gasteiger partial charge in [0.25, 0.3) is 0 Å². The fraction of sp³-hybridized carbons (Fsp3) is 0.250. The molecule has 3 rings (SSSR count). The number of amides is 1. The Morgan fingerprint density at radius 1 is 1.23 bits per heavy atom. The van der Waals surface area contributed by atoms with Crippen LogP contribution in [-0.2, 0) is 11.3 Å². The van der Waals surface area contributed by atoms with Gasteiger partial charge in [-0.2, -0.15) is 0 Å². The molecule has 0 radical (unpaired) electrons. The molecule has 5 nitrogen and oxygen atoms in total. The number of benzene rings is 2. The van der Waals surface area contributed by atoms with Crippen molar-refractivity contribution in [2.75, 3.05) is 13.7 Å². The van der Waals surface area contributed by atoms with Gasteiger partial charge in [-0.05, 0) is 46.6 Å². The number of nitrogens with zero attached hydrogens (tertiary/aromatic N) is 1. The maximum Gasteiger partial charge on any atom is 0.240 e. The molecule has 0 fully saturated rings. The highest BCUT2D eigenvalue weighted by Crippen LogP contribution is 2.30. The largest absolute Gasteiger partial charge is 0.497 e. The highest BCUT2D eigenvalue weighted by atomic mass is 79.9. The summed E-state index contributed by atoms with van der Waals surface area (Å²) < 4.78 is 8.07. The van der Waals surface area contributed by atoms with Crippen LogP contribution < -0.4 is 10.1 Å². The monoisotopic (exact) mass is 416 g/mol. The summed E-state index contributed by atoms with van der Waals surface area (Å²) in [5.74, 6) is 0.583. The van der Waals surface area contributed by atoms with Crippen LogP contribution in [0.5, 0.6) is 5.75 Å². The minimum atomic E-state index is -0.765. The highest BCUT2D eigenvalue weighted by Gasteiger charge is 2.15. The standard InChI is InChI=1S/C20H21BrN2O3/c1-13-20(21)16-5-3-4-6-17(16)23(13)12-19(25)22-11-18(24)14-7-9-15(26-2)10-8-14/h3-10,18,24H,11-12H2,1-2H3,(H,22,25)/t18-/m1/s1. The summed E-state index contributed by atoms with van der Waals surface area (Å²) in [4.78, 5) is 12.4. The number of aliphatic hydroxyl groups excluding tert-OH is 1. The van der Waals surface area contributed by atoms with Crippen LogP contribution in [-0.4, -0.2) is 29.2 Å². The number of fused-ring (bicyclic) bond motifs is 1. The van der Waals surface area contributed by atoms with Crippen LogP contribution in [0.4, 0.5) is 0 Å². The van der Waals surface area contributed by atoms with Crippen molar-refractivity contribution in [2.24, 2.45) is 0 Å². The maximum atomic E-state index is 12.4. The molecular formula is C20H21BrN2O3. The van der Waals surface area contributed by atoms with E-state index in [0.717, 1.165) is 32.4 Å². The van der Waals surface area contributed by atoms with Crippen molar-refractivity contribution in [3.05, 3.63) is 64.3 Å². The predicted molar refractivity (Wildman–Crippen MR) is 105 cm³/mol. The molecule has 0 aliphatic heterocycles. The topological polar surface area (TPSA) is 63.5 Å². The first-order valence-corrected chi connectivity index (χ1v) is 9.12. The van der Waals surface area contributed by atoms with Crippen molar-refractivity contribution in [3.8, 4) is 5.75 Å². The molecule has 0 bridgehead atoms. The molecule has 2 N–H and O–H groups in total. The lowest BCUT2D eigenvalue weighted by Gasteiger charge is -2.14. The summed E-state index contributed by atoms with van der Waals surface area (Å²) in [6.45, 7) is 2.33. The number of ether oxygens (including phenoxy) is 1. The Bertz CT molecular complexity index is 919. The quantitative estimate of drug-likeness (QED) is 0.645. The van der Waals surface area contributed by atoms with Gasteiger partial charge in [0, 0.05) is 27.6 Å². The lowest BCUT2D eigenvalue weighted by atomic mass is 10.1. The Labute approximate surface area is 160 Å². The molecule has 2 aromatic carbocycles. The van der Waals surface area contributed by atoms with Gasteiger partial charge in [-0.1, -0.05) is 30.3 Å². The third-order valence-electron chi connectivity index (χ3n) is 4.45. The molecule has 6 heteroatoms. The summed E-state index contributed by atoms with van der Waals surface area (Å²) in [6.07, 6.45) is -0.765. The average Bonchev–Trinajstić information content (AvgIpc) is 2.91. The third-order valence-corrected chi connectivity index (χ3v) is 5.45. The first-order chi connectivity index (χ1) is 12.5. The number of para-hydroxylation sites is 1. The predicted octanol–water partition coefficient (Wildman–Crippen LogP) is 3.57. The number of carbonyl (C=O) groups is 1. The van der Waals surface area contributed by atoms with Crippen LogP contribution in [0.3, 0.4) is 0 Å². The van der Waals surface area contributed by atoms with Gasteiger partial charge in [-0.3, -0.25) is 4.79 Å². The van der Waals surface area contributed by atoms with E-state index in [1.54, 1.807) is 31.4 Å². The molecule has 0 unspecified atom stereocenters. The molecule has 0 saturated heterocycles. The molecule has 26 heavy (non-hydrogen) atoms. The summed E-state index contributed by atoms with van der Waals surface area (Å²) >= 11 is 3.59. The van der Waals surface area contributed by atoms with E-state index in [1.165, 1.54) is 0 Å². The van der Waals surface area contributed by atoms with E-state index in [4.69, 9.17) is 4.74 Å². The van der Waals surface area contributed by atoms with Crippen molar-refractivity contribution in [1.82, 2.24) is 9.88 Å². The molecule has 1 heterocycles. The third kappa shape index (κ3) is 3.76. The molecule has 136 valence electrons. The second-order valence-corrected chi connectivity index (χ2v) is 6.89. The van der Waals surface area contributed by atoms with Crippen LogP contribution in [0, 0.1) is 6.92 Å². The zero-order valence-electron chi connectivity index (χ0n) is 14.7. The van der Waals surface area contributed by atoms with E-state index < -0.39 is 6.10 Å². The number of hydrogen-bond donors (Lipinski definition) is 2. The van der Waals surface area contributed by atoms with Gasteiger partial charge in [0.05, 0.1) is 13.2 Å². The van der Waals surface area contributed by atoms with Crippen LogP contribution in [0.2, 0.25) is 0 Å². The average molecular weight is 417 g/mol. The van der Waals surface area contributed by atoms with Gasteiger partial charge in [0.15, 0.2) is 0 Å². The SMILES string of the molecule is COc1ccc([C@H](O)CNC(=O)Cn2c(C)c(Br)c3ccccc32)cc1. The van der Waals surface area contributed by atoms with Gasteiger partial charge < -0.3 is 19.7 Å². The van der Waals surface area contributed by atoms with Crippen molar-refractivity contribution < 1.29 is 14.6 Å². The summed E-state index contributed by atoms with van der Waals surface area (Å²) in [5, 5.41) is 14.1. The Hall–Kier alpha value is -2.31. The van der Waals surface area contributed by atoms with E-state index in [0.29, 0.717) is 0 Å². The number of hydrogen-bond acceptors (Lipinski definition) is 3. The van der Waals surface area contributed by atoms with Gasteiger partial charge in [-0.15, -0.1) is 0 Å². The van der Waals surface area contributed by atoms with Crippen molar-refractivity contribution in [3.63, 3.8) is 0 Å². The Morgan fingerprint density at radius 3 is 2.62 bits per heavy atom. The van der Waals surface area contributed by atoms with Gasteiger partial charge >= 0.3 is 0 Å². The second-order valence-electron chi connectivity index (χ2n) is 6.10. The maximum absolute atomic E-state index is 12.4. The van der Waals surface area contributed by atoms with E-state index >= 15 is 0 Å². The van der Waals surface area contributed by atoms with Crippen LogP contribution in [0.15, 0.2) is 53.0 Å². The molecule has 0 saturated carbocycles. The Morgan fingerprint density at radius 2 is 1.92 bits per heavy atom. The minimum Gasteiger partial charge on any atom is -0.497 e. The molecule has 0 spiro atoms. The molecule has 3 aromatic rings. The number of halogens is 1. The molecule has 0 aliphatic rings. The number of aromatic nitrogens is 1. The highest BCUT2D eigenvalue weighted by molar-refractivity contribution is 9.10. The zero-order chi connectivity index (χ0) is 18.7.